The molecule has 2 rings (SSSR count). The third-order valence-electron chi connectivity index (χ3n) is 3.02. The zero-order chi connectivity index (χ0) is 10.2. The van der Waals surface area contributed by atoms with Crippen LogP contribution in [-0.2, 0) is 0 Å². The van der Waals surface area contributed by atoms with E-state index < -0.39 is 5.60 Å². The van der Waals surface area contributed by atoms with Gasteiger partial charge in [-0.05, 0) is 35.7 Å². The first-order valence-electron chi connectivity index (χ1n) is 5.02. The van der Waals surface area contributed by atoms with Crippen LogP contribution in [0.3, 0.4) is 0 Å². The second-order valence-electron chi connectivity index (χ2n) is 4.26. The predicted molar refractivity (Wildman–Crippen MR) is 58.1 cm³/mol. The monoisotopic (exact) mass is 258 g/mol. The molecule has 1 aromatic rings. The molecule has 0 amide bonds. The summed E-state index contributed by atoms with van der Waals surface area (Å²) >= 11 is 3.37. The van der Waals surface area contributed by atoms with E-state index in [0.717, 1.165) is 23.7 Å². The van der Waals surface area contributed by atoms with Gasteiger partial charge in [-0.25, -0.2) is 0 Å². The second kappa shape index (κ2) is 3.66. The van der Waals surface area contributed by atoms with Crippen molar-refractivity contribution in [2.24, 2.45) is 0 Å². The number of halogens is 1. The van der Waals surface area contributed by atoms with Gasteiger partial charge in [-0.15, -0.1) is 0 Å². The standard InChI is InChI=1S/C10H15BrN2O/c1-10(14)5-3-2-4-9(10)13-7-8(11)6-12-13/h6-7,9,14H,2-5H2,1H3. The van der Waals surface area contributed by atoms with Crippen LogP contribution in [0.15, 0.2) is 16.9 Å². The molecular formula is C10H15BrN2O. The Hall–Kier alpha value is -0.350. The van der Waals surface area contributed by atoms with Crippen LogP contribution in [0, 0.1) is 0 Å². The summed E-state index contributed by atoms with van der Waals surface area (Å²) in [6, 6.07) is 0.127. The molecule has 2 unspecified atom stereocenters. The highest BCUT2D eigenvalue weighted by atomic mass is 79.9. The number of hydrogen-bond donors (Lipinski definition) is 1. The minimum absolute atomic E-state index is 0.127. The van der Waals surface area contributed by atoms with Crippen LogP contribution in [-0.4, -0.2) is 20.5 Å². The van der Waals surface area contributed by atoms with Gasteiger partial charge in [-0.2, -0.15) is 5.10 Å². The van der Waals surface area contributed by atoms with Crippen LogP contribution in [0.4, 0.5) is 0 Å². The van der Waals surface area contributed by atoms with Gasteiger partial charge in [0, 0.05) is 6.20 Å². The summed E-state index contributed by atoms with van der Waals surface area (Å²) in [5.41, 5.74) is -0.607. The molecule has 0 radical (unpaired) electrons. The van der Waals surface area contributed by atoms with Crippen LogP contribution in [0.1, 0.15) is 38.6 Å². The minimum atomic E-state index is -0.607. The van der Waals surface area contributed by atoms with Gasteiger partial charge in [0.05, 0.1) is 22.3 Å². The topological polar surface area (TPSA) is 38.0 Å². The first-order chi connectivity index (χ1) is 6.59. The number of nitrogens with zero attached hydrogens (tertiary/aromatic N) is 2. The van der Waals surface area contributed by atoms with Crippen molar-refractivity contribution in [3.63, 3.8) is 0 Å². The molecular weight excluding hydrogens is 244 g/mol. The normalized spacial score (nSPS) is 33.2. The van der Waals surface area contributed by atoms with Crippen LogP contribution < -0.4 is 0 Å². The third-order valence-corrected chi connectivity index (χ3v) is 3.43. The number of aromatic nitrogens is 2. The fraction of sp³-hybridized carbons (Fsp3) is 0.700. The predicted octanol–water partition coefficient (Wildman–Crippen LogP) is 2.51. The maximum Gasteiger partial charge on any atom is 0.0842 e. The van der Waals surface area contributed by atoms with Crippen molar-refractivity contribution < 1.29 is 5.11 Å². The average Bonchev–Trinajstić information content (AvgIpc) is 2.51. The van der Waals surface area contributed by atoms with Gasteiger partial charge >= 0.3 is 0 Å². The molecule has 3 nitrogen and oxygen atoms in total. The van der Waals surface area contributed by atoms with E-state index in [1.54, 1.807) is 6.20 Å². The fourth-order valence-electron chi connectivity index (χ4n) is 2.20. The van der Waals surface area contributed by atoms with Gasteiger partial charge in [0.1, 0.15) is 0 Å². The lowest BCUT2D eigenvalue weighted by atomic mass is 9.82. The van der Waals surface area contributed by atoms with E-state index >= 15 is 0 Å². The first-order valence-corrected chi connectivity index (χ1v) is 5.81. The highest BCUT2D eigenvalue weighted by Crippen LogP contribution is 2.36. The van der Waals surface area contributed by atoms with Crippen LogP contribution in [0.5, 0.6) is 0 Å². The van der Waals surface area contributed by atoms with E-state index in [4.69, 9.17) is 0 Å². The van der Waals surface area contributed by atoms with Gasteiger partial charge in [0.25, 0.3) is 0 Å². The van der Waals surface area contributed by atoms with Crippen molar-refractivity contribution >= 4 is 15.9 Å². The molecule has 0 aliphatic heterocycles. The Morgan fingerprint density at radius 2 is 2.43 bits per heavy atom. The minimum Gasteiger partial charge on any atom is -0.388 e. The Bertz CT molecular complexity index is 322. The van der Waals surface area contributed by atoms with Gasteiger partial charge in [0.2, 0.25) is 0 Å². The Labute approximate surface area is 92.2 Å². The van der Waals surface area contributed by atoms with Gasteiger partial charge in [-0.3, -0.25) is 4.68 Å². The van der Waals surface area contributed by atoms with Crippen LogP contribution in [0.25, 0.3) is 0 Å². The molecule has 2 atom stereocenters. The zero-order valence-electron chi connectivity index (χ0n) is 8.28. The van der Waals surface area contributed by atoms with Crippen molar-refractivity contribution in [1.82, 2.24) is 9.78 Å². The lowest BCUT2D eigenvalue weighted by Crippen LogP contribution is -2.39. The molecule has 1 fully saturated rings. The summed E-state index contributed by atoms with van der Waals surface area (Å²) in [4.78, 5) is 0. The van der Waals surface area contributed by atoms with E-state index in [2.05, 4.69) is 21.0 Å². The van der Waals surface area contributed by atoms with E-state index in [-0.39, 0.29) is 6.04 Å². The SMILES string of the molecule is CC1(O)CCCCC1n1cc(Br)cn1. The Balaban J connectivity index is 2.23. The Kier molecular flexibility index (Phi) is 2.66. The highest BCUT2D eigenvalue weighted by Gasteiger charge is 2.36. The fourth-order valence-corrected chi connectivity index (χ4v) is 2.50. The molecule has 0 aromatic carbocycles. The van der Waals surface area contributed by atoms with Crippen molar-refractivity contribution in [2.75, 3.05) is 0 Å². The molecule has 78 valence electrons. The average molecular weight is 259 g/mol. The first kappa shape index (κ1) is 10.2. The van der Waals surface area contributed by atoms with Crippen LogP contribution in [0.2, 0.25) is 0 Å². The maximum atomic E-state index is 10.2. The molecule has 0 saturated heterocycles. The molecule has 0 bridgehead atoms. The lowest BCUT2D eigenvalue weighted by Gasteiger charge is -2.37. The van der Waals surface area contributed by atoms with Crippen molar-refractivity contribution in [2.45, 2.75) is 44.2 Å². The van der Waals surface area contributed by atoms with Crippen molar-refractivity contribution in [3.8, 4) is 0 Å². The van der Waals surface area contributed by atoms with Crippen molar-refractivity contribution in [3.05, 3.63) is 16.9 Å². The summed E-state index contributed by atoms with van der Waals surface area (Å²) in [6.45, 7) is 1.91. The quantitative estimate of drug-likeness (QED) is 0.841. The molecule has 0 spiro atoms. The summed E-state index contributed by atoms with van der Waals surface area (Å²) in [6.07, 6.45) is 7.88. The molecule has 1 saturated carbocycles. The van der Waals surface area contributed by atoms with E-state index in [9.17, 15) is 5.11 Å². The summed E-state index contributed by atoms with van der Waals surface area (Å²) in [7, 11) is 0. The van der Waals surface area contributed by atoms with Gasteiger partial charge in [-0.1, -0.05) is 12.8 Å². The van der Waals surface area contributed by atoms with Crippen LogP contribution >= 0.6 is 15.9 Å². The number of rotatable bonds is 1. The molecule has 1 aliphatic carbocycles. The smallest absolute Gasteiger partial charge is 0.0842 e. The number of aliphatic hydroxyl groups is 1. The summed E-state index contributed by atoms with van der Waals surface area (Å²) < 4.78 is 2.85. The largest absolute Gasteiger partial charge is 0.388 e. The van der Waals surface area contributed by atoms with E-state index in [1.807, 2.05) is 17.8 Å². The lowest BCUT2D eigenvalue weighted by molar-refractivity contribution is -0.0292. The molecule has 1 heterocycles. The van der Waals surface area contributed by atoms with E-state index in [1.165, 1.54) is 6.42 Å². The molecule has 1 aromatic heterocycles. The maximum absolute atomic E-state index is 10.2. The molecule has 1 N–H and O–H groups in total. The molecule has 14 heavy (non-hydrogen) atoms. The van der Waals surface area contributed by atoms with Crippen molar-refractivity contribution in [1.29, 1.82) is 0 Å². The molecule has 4 heteroatoms. The third kappa shape index (κ3) is 1.86. The Morgan fingerprint density at radius 1 is 1.64 bits per heavy atom. The molecule has 1 aliphatic rings. The second-order valence-corrected chi connectivity index (χ2v) is 5.17. The summed E-state index contributed by atoms with van der Waals surface area (Å²) in [5, 5.41) is 14.5. The van der Waals surface area contributed by atoms with Gasteiger partial charge < -0.3 is 5.11 Å². The van der Waals surface area contributed by atoms with E-state index in [0.29, 0.717) is 0 Å². The summed E-state index contributed by atoms with van der Waals surface area (Å²) in [5.74, 6) is 0. The number of hydrogen-bond acceptors (Lipinski definition) is 2. The Morgan fingerprint density at radius 3 is 3.00 bits per heavy atom. The zero-order valence-corrected chi connectivity index (χ0v) is 9.87. The van der Waals surface area contributed by atoms with Gasteiger partial charge in [0.15, 0.2) is 0 Å². The highest BCUT2D eigenvalue weighted by molar-refractivity contribution is 9.10.